The standard InChI is InChI=1S/C11H11I3N2O2/c1-5(17)15-4-7-8(12)3-9(13)11(10(7)14)16-6(2)18/h3H,4H2,1-2H3,(H,15,17)(H,16,18). The molecule has 0 saturated heterocycles. The van der Waals surface area contributed by atoms with Crippen LogP contribution in [-0.4, -0.2) is 11.8 Å². The number of carbonyl (C=O) groups is 2. The van der Waals surface area contributed by atoms with Gasteiger partial charge >= 0.3 is 0 Å². The van der Waals surface area contributed by atoms with Crippen molar-refractivity contribution in [1.82, 2.24) is 5.32 Å². The third kappa shape index (κ3) is 4.47. The van der Waals surface area contributed by atoms with Crippen LogP contribution >= 0.6 is 67.8 Å². The van der Waals surface area contributed by atoms with Crippen LogP contribution in [-0.2, 0) is 16.1 Å². The van der Waals surface area contributed by atoms with E-state index in [0.29, 0.717) is 6.54 Å². The third-order valence-corrected chi connectivity index (χ3v) is 5.08. The van der Waals surface area contributed by atoms with Gasteiger partial charge in [-0.1, -0.05) is 0 Å². The minimum Gasteiger partial charge on any atom is -0.352 e. The van der Waals surface area contributed by atoms with Crippen molar-refractivity contribution in [2.45, 2.75) is 20.4 Å². The molecule has 18 heavy (non-hydrogen) atoms. The van der Waals surface area contributed by atoms with E-state index in [1.807, 2.05) is 6.07 Å². The fourth-order valence-corrected chi connectivity index (χ4v) is 5.32. The van der Waals surface area contributed by atoms with Crippen LogP contribution in [0.4, 0.5) is 5.69 Å². The van der Waals surface area contributed by atoms with E-state index >= 15 is 0 Å². The van der Waals surface area contributed by atoms with Crippen molar-refractivity contribution in [1.29, 1.82) is 0 Å². The number of amides is 2. The smallest absolute Gasteiger partial charge is 0.221 e. The molecule has 0 fully saturated rings. The molecule has 7 heteroatoms. The van der Waals surface area contributed by atoms with Gasteiger partial charge in [-0.05, 0) is 73.8 Å². The average molecular weight is 584 g/mol. The molecular weight excluding hydrogens is 573 g/mol. The Balaban J connectivity index is 3.17. The minimum atomic E-state index is -0.0995. The molecule has 0 atom stereocenters. The molecule has 0 aromatic heterocycles. The number of anilines is 1. The lowest BCUT2D eigenvalue weighted by molar-refractivity contribution is -0.119. The van der Waals surface area contributed by atoms with Crippen LogP contribution in [0.15, 0.2) is 6.07 Å². The molecule has 4 nitrogen and oxygen atoms in total. The second-order valence-corrected chi connectivity index (χ2v) is 7.00. The zero-order chi connectivity index (χ0) is 13.9. The first-order valence-electron chi connectivity index (χ1n) is 5.01. The molecule has 0 aliphatic heterocycles. The first kappa shape index (κ1) is 16.4. The number of halogens is 3. The largest absolute Gasteiger partial charge is 0.352 e. The van der Waals surface area contributed by atoms with E-state index in [9.17, 15) is 9.59 Å². The van der Waals surface area contributed by atoms with E-state index in [-0.39, 0.29) is 11.8 Å². The fraction of sp³-hybridized carbons (Fsp3) is 0.273. The predicted molar refractivity (Wildman–Crippen MR) is 96.4 cm³/mol. The van der Waals surface area contributed by atoms with Crippen LogP contribution in [0, 0.1) is 10.7 Å². The van der Waals surface area contributed by atoms with Crippen molar-refractivity contribution in [3.63, 3.8) is 0 Å². The molecule has 1 aromatic rings. The summed E-state index contributed by atoms with van der Waals surface area (Å²) < 4.78 is 3.03. The minimum absolute atomic E-state index is 0.0683. The number of carbonyl (C=O) groups excluding carboxylic acids is 2. The van der Waals surface area contributed by atoms with Crippen LogP contribution < -0.4 is 10.6 Å². The number of nitrogens with one attached hydrogen (secondary N) is 2. The summed E-state index contributed by atoms with van der Waals surface area (Å²) in [5, 5.41) is 5.61. The highest BCUT2D eigenvalue weighted by atomic mass is 127. The first-order valence-corrected chi connectivity index (χ1v) is 8.25. The van der Waals surface area contributed by atoms with Crippen LogP contribution in [0.1, 0.15) is 19.4 Å². The highest BCUT2D eigenvalue weighted by molar-refractivity contribution is 14.1. The summed E-state index contributed by atoms with van der Waals surface area (Å²) in [6.07, 6.45) is 0. The molecule has 2 N–H and O–H groups in total. The highest BCUT2D eigenvalue weighted by Crippen LogP contribution is 2.31. The molecule has 0 heterocycles. The number of hydrogen-bond acceptors (Lipinski definition) is 2. The lowest BCUT2D eigenvalue weighted by atomic mass is 10.2. The summed E-state index contributed by atoms with van der Waals surface area (Å²) in [6, 6.07) is 1.99. The van der Waals surface area contributed by atoms with Gasteiger partial charge in [0.2, 0.25) is 11.8 Å². The molecule has 98 valence electrons. The van der Waals surface area contributed by atoms with E-state index in [1.165, 1.54) is 13.8 Å². The van der Waals surface area contributed by atoms with Gasteiger partial charge in [-0.25, -0.2) is 0 Å². The summed E-state index contributed by atoms with van der Waals surface area (Å²) in [5.41, 5.74) is 1.83. The molecule has 2 amide bonds. The summed E-state index contributed by atoms with van der Waals surface area (Å²) >= 11 is 6.62. The van der Waals surface area contributed by atoms with Gasteiger partial charge in [0.1, 0.15) is 0 Å². The molecule has 1 aromatic carbocycles. The summed E-state index contributed by atoms with van der Waals surface area (Å²) in [6.45, 7) is 3.44. The van der Waals surface area contributed by atoms with Gasteiger partial charge < -0.3 is 10.6 Å². The lowest BCUT2D eigenvalue weighted by Crippen LogP contribution is -2.21. The van der Waals surface area contributed by atoms with Crippen LogP contribution in [0.25, 0.3) is 0 Å². The Kier molecular flexibility index (Phi) is 6.58. The van der Waals surface area contributed by atoms with E-state index in [4.69, 9.17) is 0 Å². The van der Waals surface area contributed by atoms with Gasteiger partial charge in [0.15, 0.2) is 0 Å². The highest BCUT2D eigenvalue weighted by Gasteiger charge is 2.15. The summed E-state index contributed by atoms with van der Waals surface area (Å²) in [4.78, 5) is 22.2. The van der Waals surface area contributed by atoms with Crippen molar-refractivity contribution < 1.29 is 9.59 Å². The summed E-state index contributed by atoms with van der Waals surface area (Å²) in [5.74, 6) is -0.168. The monoisotopic (exact) mass is 584 g/mol. The maximum atomic E-state index is 11.2. The molecule has 0 aliphatic carbocycles. The van der Waals surface area contributed by atoms with Gasteiger partial charge in [0.05, 0.1) is 5.69 Å². The molecule has 1 rings (SSSR count). The van der Waals surface area contributed by atoms with Gasteiger partial charge in [0, 0.05) is 36.7 Å². The Morgan fingerprint density at radius 3 is 2.22 bits per heavy atom. The molecule has 0 bridgehead atoms. The zero-order valence-corrected chi connectivity index (χ0v) is 16.2. The van der Waals surface area contributed by atoms with Crippen LogP contribution in [0.3, 0.4) is 0 Å². The molecule has 0 spiro atoms. The van der Waals surface area contributed by atoms with Crippen LogP contribution in [0.5, 0.6) is 0 Å². The van der Waals surface area contributed by atoms with Crippen molar-refractivity contribution in [3.8, 4) is 0 Å². The van der Waals surface area contributed by atoms with Crippen molar-refractivity contribution >= 4 is 85.3 Å². The van der Waals surface area contributed by atoms with Crippen molar-refractivity contribution in [2.75, 3.05) is 5.32 Å². The predicted octanol–water partition coefficient (Wildman–Crippen LogP) is 3.09. The second-order valence-electron chi connectivity index (χ2n) is 3.60. The van der Waals surface area contributed by atoms with E-state index in [1.54, 1.807) is 0 Å². The molecule has 0 unspecified atom stereocenters. The van der Waals surface area contributed by atoms with E-state index in [2.05, 4.69) is 78.4 Å². The first-order chi connectivity index (χ1) is 8.32. The van der Waals surface area contributed by atoms with Crippen LogP contribution in [0.2, 0.25) is 0 Å². The topological polar surface area (TPSA) is 58.2 Å². The van der Waals surface area contributed by atoms with Gasteiger partial charge in [-0.3, -0.25) is 9.59 Å². The number of benzene rings is 1. The SMILES string of the molecule is CC(=O)NCc1c(I)cc(I)c(NC(C)=O)c1I. The Morgan fingerprint density at radius 2 is 1.72 bits per heavy atom. The van der Waals surface area contributed by atoms with E-state index in [0.717, 1.165) is 22.0 Å². The van der Waals surface area contributed by atoms with Crippen molar-refractivity contribution in [3.05, 3.63) is 22.3 Å². The Bertz CT molecular complexity index is 504. The van der Waals surface area contributed by atoms with Gasteiger partial charge in [-0.2, -0.15) is 0 Å². The molecule has 0 radical (unpaired) electrons. The molecule has 0 saturated carbocycles. The Morgan fingerprint density at radius 1 is 1.11 bits per heavy atom. The Labute approximate surface area is 146 Å². The number of hydrogen-bond donors (Lipinski definition) is 2. The van der Waals surface area contributed by atoms with Gasteiger partial charge in [-0.15, -0.1) is 0 Å². The Hall–Kier alpha value is 0.350. The summed E-state index contributed by atoms with van der Waals surface area (Å²) in [7, 11) is 0. The van der Waals surface area contributed by atoms with Gasteiger partial charge in [0.25, 0.3) is 0 Å². The van der Waals surface area contributed by atoms with E-state index < -0.39 is 0 Å². The maximum Gasteiger partial charge on any atom is 0.221 e. The number of rotatable bonds is 3. The maximum absolute atomic E-state index is 11.2. The normalized spacial score (nSPS) is 10.1. The third-order valence-electron chi connectivity index (χ3n) is 2.08. The molecular formula is C11H11I3N2O2. The quantitative estimate of drug-likeness (QED) is 0.538. The average Bonchev–Trinajstić information content (AvgIpc) is 2.23. The lowest BCUT2D eigenvalue weighted by Gasteiger charge is -2.15. The fourth-order valence-electron chi connectivity index (χ4n) is 1.30. The zero-order valence-electron chi connectivity index (χ0n) is 9.73. The molecule has 0 aliphatic rings. The second kappa shape index (κ2) is 7.22. The van der Waals surface area contributed by atoms with Crippen molar-refractivity contribution in [2.24, 2.45) is 0 Å².